The van der Waals surface area contributed by atoms with Gasteiger partial charge < -0.3 is 19.7 Å². The lowest BCUT2D eigenvalue weighted by Crippen LogP contribution is -2.37. The van der Waals surface area contributed by atoms with E-state index in [2.05, 4.69) is 32.1 Å². The Labute approximate surface area is 200 Å². The smallest absolute Gasteiger partial charge is 0.260 e. The maximum absolute atomic E-state index is 14.5. The molecule has 0 spiro atoms. The number of anilines is 1. The number of nitrogens with zero attached hydrogens (tertiary/aromatic N) is 6. The summed E-state index contributed by atoms with van der Waals surface area (Å²) in [5.41, 5.74) is 3.98. The summed E-state index contributed by atoms with van der Waals surface area (Å²) in [4.78, 5) is 22.3. The molecule has 10 nitrogen and oxygen atoms in total. The Morgan fingerprint density at radius 2 is 2.29 bits per heavy atom. The molecule has 0 radical (unpaired) electrons. The van der Waals surface area contributed by atoms with Gasteiger partial charge in [0, 0.05) is 55.1 Å². The van der Waals surface area contributed by atoms with E-state index >= 15 is 0 Å². The first-order chi connectivity index (χ1) is 17.2. The number of carbonyl (C=O) groups excluding carboxylic acids is 1. The van der Waals surface area contributed by atoms with Crippen molar-refractivity contribution in [3.63, 3.8) is 0 Å². The number of nitrogens with one attached hydrogen (secondary N) is 1. The van der Waals surface area contributed by atoms with Crippen molar-refractivity contribution in [3.8, 4) is 5.75 Å². The van der Waals surface area contributed by atoms with Gasteiger partial charge in [0.1, 0.15) is 17.9 Å². The van der Waals surface area contributed by atoms with Crippen molar-refractivity contribution in [2.45, 2.75) is 19.4 Å². The molecule has 180 valence electrons. The molecule has 3 aromatic rings. The van der Waals surface area contributed by atoms with Gasteiger partial charge in [0.15, 0.2) is 18.7 Å². The lowest BCUT2D eigenvalue weighted by atomic mass is 10.0. The SMILES string of the molecule is C=C/N=C\OCC(=O)N1CC=C(c2cnc(NCc3c(F)ccc4c3CCO4)n3cnnc23)CC1. The van der Waals surface area contributed by atoms with Gasteiger partial charge in [-0.25, -0.2) is 14.4 Å². The Morgan fingerprint density at radius 1 is 1.37 bits per heavy atom. The van der Waals surface area contributed by atoms with E-state index in [1.807, 2.05) is 6.08 Å². The van der Waals surface area contributed by atoms with Crippen LogP contribution in [0, 0.1) is 5.82 Å². The minimum Gasteiger partial charge on any atom is -0.493 e. The van der Waals surface area contributed by atoms with Crippen molar-refractivity contribution in [3.05, 3.63) is 66.0 Å². The van der Waals surface area contributed by atoms with Gasteiger partial charge in [-0.05, 0) is 24.1 Å². The summed E-state index contributed by atoms with van der Waals surface area (Å²) in [6.07, 6.45) is 9.16. The van der Waals surface area contributed by atoms with Gasteiger partial charge in [-0.3, -0.25) is 9.20 Å². The van der Waals surface area contributed by atoms with Crippen molar-refractivity contribution < 1.29 is 18.7 Å². The average Bonchev–Trinajstić information content (AvgIpc) is 3.56. The Balaban J connectivity index is 1.30. The standard InChI is InChI=1S/C24H24FN7O3/c1-2-26-15-34-13-22(33)31-8-5-16(6-9-31)18-11-27-24(32-14-29-30-23(18)32)28-12-19-17-7-10-35-21(17)4-3-20(19)25/h2-5,11,14-15H,1,6-10,12-13H2,(H,27,28)/b26-15-. The number of rotatable bonds is 8. The monoisotopic (exact) mass is 477 g/mol. The summed E-state index contributed by atoms with van der Waals surface area (Å²) in [6.45, 7) is 5.20. The Bertz CT molecular complexity index is 1330. The number of hydrogen-bond acceptors (Lipinski definition) is 8. The quantitative estimate of drug-likeness (QED) is 0.393. The van der Waals surface area contributed by atoms with Crippen molar-refractivity contribution in [2.24, 2.45) is 4.99 Å². The maximum atomic E-state index is 14.5. The summed E-state index contributed by atoms with van der Waals surface area (Å²) in [5.74, 6) is 0.847. The number of carbonyl (C=O) groups is 1. The molecule has 5 rings (SSSR count). The zero-order chi connectivity index (χ0) is 24.2. The fourth-order valence-electron chi connectivity index (χ4n) is 4.28. The highest BCUT2D eigenvalue weighted by Crippen LogP contribution is 2.31. The highest BCUT2D eigenvalue weighted by atomic mass is 19.1. The number of hydrogen-bond donors (Lipinski definition) is 1. The fourth-order valence-corrected chi connectivity index (χ4v) is 4.28. The highest BCUT2D eigenvalue weighted by molar-refractivity contribution is 5.82. The average molecular weight is 478 g/mol. The molecule has 11 heteroatoms. The molecule has 35 heavy (non-hydrogen) atoms. The number of fused-ring (bicyclic) bond motifs is 2. The molecular formula is C24H24FN7O3. The molecule has 2 aliphatic rings. The molecule has 0 saturated carbocycles. The van der Waals surface area contributed by atoms with E-state index in [-0.39, 0.29) is 24.9 Å². The summed E-state index contributed by atoms with van der Waals surface area (Å²) in [6, 6.07) is 3.10. The van der Waals surface area contributed by atoms with Gasteiger partial charge in [0.25, 0.3) is 5.91 Å². The van der Waals surface area contributed by atoms with Crippen LogP contribution in [0.4, 0.5) is 10.3 Å². The van der Waals surface area contributed by atoms with Crippen LogP contribution in [0.15, 0.2) is 48.5 Å². The lowest BCUT2D eigenvalue weighted by molar-refractivity contribution is -0.133. The second kappa shape index (κ2) is 9.92. The van der Waals surface area contributed by atoms with Crippen LogP contribution < -0.4 is 10.1 Å². The number of aliphatic imine (C=N–C) groups is 1. The molecule has 0 aliphatic carbocycles. The van der Waals surface area contributed by atoms with Crippen LogP contribution in [-0.2, 0) is 22.5 Å². The third-order valence-electron chi connectivity index (χ3n) is 6.05. The first-order valence-corrected chi connectivity index (χ1v) is 11.2. The summed E-state index contributed by atoms with van der Waals surface area (Å²) >= 11 is 0. The van der Waals surface area contributed by atoms with E-state index in [0.29, 0.717) is 49.7 Å². The van der Waals surface area contributed by atoms with Gasteiger partial charge in [-0.15, -0.1) is 10.2 Å². The molecule has 0 fully saturated rings. The second-order valence-corrected chi connectivity index (χ2v) is 8.04. The van der Waals surface area contributed by atoms with E-state index in [9.17, 15) is 9.18 Å². The maximum Gasteiger partial charge on any atom is 0.260 e. The Morgan fingerprint density at radius 3 is 3.11 bits per heavy atom. The number of halogens is 1. The van der Waals surface area contributed by atoms with Gasteiger partial charge in [-0.2, -0.15) is 0 Å². The first kappa shape index (κ1) is 22.5. The number of benzene rings is 1. The number of amides is 1. The van der Waals surface area contributed by atoms with E-state index in [4.69, 9.17) is 9.47 Å². The molecule has 0 bridgehead atoms. The van der Waals surface area contributed by atoms with E-state index in [1.165, 1.54) is 18.7 Å². The van der Waals surface area contributed by atoms with E-state index in [0.717, 1.165) is 22.4 Å². The molecule has 1 aromatic carbocycles. The van der Waals surface area contributed by atoms with Crippen LogP contribution in [0.5, 0.6) is 5.75 Å². The van der Waals surface area contributed by atoms with Crippen LogP contribution in [-0.4, -0.2) is 63.1 Å². The summed E-state index contributed by atoms with van der Waals surface area (Å²) < 4.78 is 26.9. The second-order valence-electron chi connectivity index (χ2n) is 8.04. The molecule has 0 unspecified atom stereocenters. The van der Waals surface area contributed by atoms with Crippen molar-refractivity contribution in [2.75, 3.05) is 31.6 Å². The van der Waals surface area contributed by atoms with Gasteiger partial charge in [0.2, 0.25) is 5.95 Å². The zero-order valence-electron chi connectivity index (χ0n) is 19.0. The molecule has 2 aliphatic heterocycles. The molecule has 0 atom stereocenters. The number of aromatic nitrogens is 4. The molecule has 0 saturated heterocycles. The van der Waals surface area contributed by atoms with Crippen LogP contribution in [0.3, 0.4) is 0 Å². The Kier molecular flexibility index (Phi) is 6.38. The van der Waals surface area contributed by atoms with Gasteiger partial charge in [0.05, 0.1) is 6.61 Å². The van der Waals surface area contributed by atoms with E-state index < -0.39 is 0 Å². The molecular weight excluding hydrogens is 453 g/mol. The normalized spacial score (nSPS) is 15.1. The topological polar surface area (TPSA) is 106 Å². The van der Waals surface area contributed by atoms with Crippen molar-refractivity contribution in [1.82, 2.24) is 24.5 Å². The predicted molar refractivity (Wildman–Crippen MR) is 128 cm³/mol. The van der Waals surface area contributed by atoms with Crippen LogP contribution in [0.2, 0.25) is 0 Å². The zero-order valence-corrected chi connectivity index (χ0v) is 19.0. The minimum absolute atomic E-state index is 0.0752. The Hall–Kier alpha value is -4.28. The van der Waals surface area contributed by atoms with Crippen LogP contribution >= 0.6 is 0 Å². The molecule has 2 aromatic heterocycles. The third kappa shape index (κ3) is 4.57. The number of ether oxygens (including phenoxy) is 2. The van der Waals surface area contributed by atoms with Crippen LogP contribution in [0.25, 0.3) is 11.2 Å². The summed E-state index contributed by atoms with van der Waals surface area (Å²) in [7, 11) is 0. The van der Waals surface area contributed by atoms with E-state index in [1.54, 1.807) is 27.9 Å². The van der Waals surface area contributed by atoms with Gasteiger partial charge in [-0.1, -0.05) is 12.7 Å². The minimum atomic E-state index is -0.275. The van der Waals surface area contributed by atoms with Crippen LogP contribution in [0.1, 0.15) is 23.1 Å². The van der Waals surface area contributed by atoms with Crippen molar-refractivity contribution in [1.29, 1.82) is 0 Å². The van der Waals surface area contributed by atoms with Gasteiger partial charge >= 0.3 is 0 Å². The fraction of sp³-hybridized carbons (Fsp3) is 0.292. The molecule has 1 amide bonds. The molecule has 1 N–H and O–H groups in total. The predicted octanol–water partition coefficient (Wildman–Crippen LogP) is 2.61. The lowest BCUT2D eigenvalue weighted by Gasteiger charge is -2.26. The van der Waals surface area contributed by atoms with Crippen molar-refractivity contribution >= 4 is 29.5 Å². The third-order valence-corrected chi connectivity index (χ3v) is 6.05. The largest absolute Gasteiger partial charge is 0.493 e. The summed E-state index contributed by atoms with van der Waals surface area (Å²) in [5, 5.41) is 11.5. The first-order valence-electron chi connectivity index (χ1n) is 11.2. The highest BCUT2D eigenvalue weighted by Gasteiger charge is 2.22. The molecule has 4 heterocycles.